The molecule has 0 aromatic rings. The number of esters is 1. The molecular formula is C15H24O2. The topological polar surface area (TPSA) is 26.3 Å². The number of ether oxygens (including phenoxy) is 1. The van der Waals surface area contributed by atoms with E-state index in [-0.39, 0.29) is 5.97 Å². The van der Waals surface area contributed by atoms with Gasteiger partial charge in [-0.25, -0.2) is 4.79 Å². The number of hydrogen-bond acceptors (Lipinski definition) is 2. The van der Waals surface area contributed by atoms with Gasteiger partial charge in [0.25, 0.3) is 0 Å². The van der Waals surface area contributed by atoms with Crippen LogP contribution in [0.5, 0.6) is 0 Å². The van der Waals surface area contributed by atoms with Crippen LogP contribution < -0.4 is 0 Å². The number of carbonyl (C=O) groups is 1. The van der Waals surface area contributed by atoms with Gasteiger partial charge in [0.15, 0.2) is 0 Å². The second-order valence-corrected chi connectivity index (χ2v) is 4.70. The summed E-state index contributed by atoms with van der Waals surface area (Å²) in [6, 6.07) is 0. The first-order valence-electron chi connectivity index (χ1n) is 5.98. The van der Waals surface area contributed by atoms with E-state index in [2.05, 4.69) is 26.5 Å². The molecule has 0 aliphatic carbocycles. The Bertz CT molecular complexity index is 333. The van der Waals surface area contributed by atoms with Gasteiger partial charge in [-0.2, -0.15) is 0 Å². The minimum Gasteiger partial charge on any atom is -0.452 e. The van der Waals surface area contributed by atoms with E-state index in [4.69, 9.17) is 4.74 Å². The van der Waals surface area contributed by atoms with Gasteiger partial charge in [0.1, 0.15) is 5.60 Å². The van der Waals surface area contributed by atoms with E-state index in [0.717, 1.165) is 12.8 Å². The summed E-state index contributed by atoms with van der Waals surface area (Å²) in [6.07, 6.45) is 7.23. The normalized spacial score (nSPS) is 14.8. The maximum absolute atomic E-state index is 11.7. The molecule has 17 heavy (non-hydrogen) atoms. The van der Waals surface area contributed by atoms with E-state index < -0.39 is 5.60 Å². The van der Waals surface area contributed by atoms with Crippen molar-refractivity contribution < 1.29 is 9.53 Å². The molecule has 1 atom stereocenters. The summed E-state index contributed by atoms with van der Waals surface area (Å²) in [7, 11) is 0. The predicted molar refractivity (Wildman–Crippen MR) is 72.8 cm³/mol. The van der Waals surface area contributed by atoms with Crippen LogP contribution in [0.3, 0.4) is 0 Å². The fourth-order valence-corrected chi connectivity index (χ4v) is 1.25. The van der Waals surface area contributed by atoms with Gasteiger partial charge in [0.05, 0.1) is 0 Å². The lowest BCUT2D eigenvalue weighted by molar-refractivity contribution is -0.149. The number of rotatable bonds is 6. The zero-order valence-corrected chi connectivity index (χ0v) is 11.7. The molecular weight excluding hydrogens is 212 g/mol. The molecule has 0 N–H and O–H groups in total. The summed E-state index contributed by atoms with van der Waals surface area (Å²) in [5.41, 5.74) is 1.31. The highest BCUT2D eigenvalue weighted by atomic mass is 16.6. The maximum atomic E-state index is 11.7. The molecule has 0 bridgehead atoms. The molecule has 0 saturated carbocycles. The number of hydrogen-bond donors (Lipinski definition) is 0. The molecule has 0 aromatic carbocycles. The Morgan fingerprint density at radius 2 is 1.94 bits per heavy atom. The molecule has 0 heterocycles. The van der Waals surface area contributed by atoms with Gasteiger partial charge < -0.3 is 4.74 Å². The van der Waals surface area contributed by atoms with E-state index in [1.54, 1.807) is 19.1 Å². The maximum Gasteiger partial charge on any atom is 0.334 e. The average Bonchev–Trinajstić information content (AvgIpc) is 2.27. The van der Waals surface area contributed by atoms with Crippen LogP contribution in [-0.4, -0.2) is 11.6 Å². The lowest BCUT2D eigenvalue weighted by Crippen LogP contribution is -2.29. The van der Waals surface area contributed by atoms with Crippen LogP contribution >= 0.6 is 0 Å². The van der Waals surface area contributed by atoms with Gasteiger partial charge in [-0.05, 0) is 53.5 Å². The Morgan fingerprint density at radius 1 is 1.35 bits per heavy atom. The summed E-state index contributed by atoms with van der Waals surface area (Å²) < 4.78 is 5.47. The second-order valence-electron chi connectivity index (χ2n) is 4.70. The molecule has 0 aliphatic rings. The van der Waals surface area contributed by atoms with Gasteiger partial charge in [-0.15, -0.1) is 0 Å². The van der Waals surface area contributed by atoms with Crippen molar-refractivity contribution >= 4 is 5.97 Å². The molecule has 0 amide bonds. The summed E-state index contributed by atoms with van der Waals surface area (Å²) in [4.78, 5) is 11.7. The Balaban J connectivity index is 4.53. The lowest BCUT2D eigenvalue weighted by atomic mass is 9.99. The van der Waals surface area contributed by atoms with E-state index in [1.165, 1.54) is 5.57 Å². The highest BCUT2D eigenvalue weighted by Gasteiger charge is 2.24. The first-order valence-corrected chi connectivity index (χ1v) is 5.98. The number of carbonyl (C=O) groups excluding carboxylic acids is 1. The van der Waals surface area contributed by atoms with Crippen molar-refractivity contribution in [3.8, 4) is 0 Å². The third kappa shape index (κ3) is 6.10. The van der Waals surface area contributed by atoms with Crippen molar-refractivity contribution in [3.05, 3.63) is 36.0 Å². The van der Waals surface area contributed by atoms with Crippen LogP contribution in [0.25, 0.3) is 0 Å². The van der Waals surface area contributed by atoms with Gasteiger partial charge in [0, 0.05) is 5.57 Å². The standard InChI is InChI=1S/C15H24O2/c1-7-13(5)14(16)17-15(6,8-2)11-9-10-12(3)4/h7-8,10H,2,9,11H2,1,3-6H3/b13-7+. The predicted octanol–water partition coefficient (Wildman–Crippen LogP) is 4.19. The Hall–Kier alpha value is -1.31. The number of allylic oxidation sites excluding steroid dienone is 3. The Morgan fingerprint density at radius 3 is 2.35 bits per heavy atom. The van der Waals surface area contributed by atoms with Crippen LogP contribution in [0.15, 0.2) is 36.0 Å². The molecule has 2 heteroatoms. The van der Waals surface area contributed by atoms with Crippen molar-refractivity contribution in [1.29, 1.82) is 0 Å². The van der Waals surface area contributed by atoms with Crippen molar-refractivity contribution in [2.75, 3.05) is 0 Å². The molecule has 0 spiro atoms. The molecule has 0 saturated heterocycles. The minimum absolute atomic E-state index is 0.271. The van der Waals surface area contributed by atoms with E-state index in [0.29, 0.717) is 5.57 Å². The van der Waals surface area contributed by atoms with Crippen LogP contribution in [0.1, 0.15) is 47.5 Å². The first kappa shape index (κ1) is 15.7. The zero-order chi connectivity index (χ0) is 13.5. The monoisotopic (exact) mass is 236 g/mol. The van der Waals surface area contributed by atoms with Crippen molar-refractivity contribution in [2.45, 2.75) is 53.1 Å². The quantitative estimate of drug-likeness (QED) is 0.393. The molecule has 0 radical (unpaired) electrons. The summed E-state index contributed by atoms with van der Waals surface area (Å²) in [5.74, 6) is -0.271. The SMILES string of the molecule is C=CC(C)(CCC=C(C)C)OC(=O)/C(C)=C/C. The first-order chi connectivity index (χ1) is 7.84. The fraction of sp³-hybridized carbons (Fsp3) is 0.533. The molecule has 0 aromatic heterocycles. The summed E-state index contributed by atoms with van der Waals surface area (Å²) >= 11 is 0. The molecule has 0 rings (SSSR count). The highest BCUT2D eigenvalue weighted by Crippen LogP contribution is 2.21. The Kier molecular flexibility index (Phi) is 6.55. The minimum atomic E-state index is -0.590. The van der Waals surface area contributed by atoms with E-state index >= 15 is 0 Å². The molecule has 0 fully saturated rings. The van der Waals surface area contributed by atoms with Gasteiger partial charge >= 0.3 is 5.97 Å². The zero-order valence-electron chi connectivity index (χ0n) is 11.7. The van der Waals surface area contributed by atoms with Crippen LogP contribution in [0.4, 0.5) is 0 Å². The van der Waals surface area contributed by atoms with E-state index in [1.807, 2.05) is 13.8 Å². The van der Waals surface area contributed by atoms with Crippen LogP contribution in [-0.2, 0) is 9.53 Å². The molecule has 96 valence electrons. The molecule has 2 nitrogen and oxygen atoms in total. The average molecular weight is 236 g/mol. The fourth-order valence-electron chi connectivity index (χ4n) is 1.25. The highest BCUT2D eigenvalue weighted by molar-refractivity contribution is 5.88. The molecule has 1 unspecified atom stereocenters. The summed E-state index contributed by atoms with van der Waals surface area (Å²) in [6.45, 7) is 13.3. The largest absolute Gasteiger partial charge is 0.452 e. The van der Waals surface area contributed by atoms with Gasteiger partial charge in [-0.3, -0.25) is 0 Å². The van der Waals surface area contributed by atoms with Gasteiger partial charge in [0.2, 0.25) is 0 Å². The molecule has 0 aliphatic heterocycles. The Labute approximate surface area is 105 Å². The second kappa shape index (κ2) is 7.10. The third-order valence-electron chi connectivity index (χ3n) is 2.71. The van der Waals surface area contributed by atoms with Gasteiger partial charge in [-0.1, -0.05) is 24.3 Å². The van der Waals surface area contributed by atoms with Crippen molar-refractivity contribution in [2.24, 2.45) is 0 Å². The van der Waals surface area contributed by atoms with Crippen LogP contribution in [0, 0.1) is 0 Å². The smallest absolute Gasteiger partial charge is 0.334 e. The third-order valence-corrected chi connectivity index (χ3v) is 2.71. The van der Waals surface area contributed by atoms with Crippen molar-refractivity contribution in [1.82, 2.24) is 0 Å². The van der Waals surface area contributed by atoms with Crippen LogP contribution in [0.2, 0.25) is 0 Å². The summed E-state index contributed by atoms with van der Waals surface area (Å²) in [5, 5.41) is 0. The van der Waals surface area contributed by atoms with E-state index in [9.17, 15) is 4.79 Å². The van der Waals surface area contributed by atoms with Crippen molar-refractivity contribution in [3.63, 3.8) is 0 Å². The lowest BCUT2D eigenvalue weighted by Gasteiger charge is -2.25.